The first-order chi connectivity index (χ1) is 8.74. The van der Waals surface area contributed by atoms with Gasteiger partial charge in [0, 0.05) is 6.20 Å². The van der Waals surface area contributed by atoms with Gasteiger partial charge in [0.25, 0.3) is 5.91 Å². The summed E-state index contributed by atoms with van der Waals surface area (Å²) in [6.07, 6.45) is 2.38. The second-order valence-electron chi connectivity index (χ2n) is 4.30. The topological polar surface area (TPSA) is 42.0 Å². The van der Waals surface area contributed by atoms with Crippen LogP contribution in [0.1, 0.15) is 27.5 Å². The lowest BCUT2D eigenvalue weighted by Gasteiger charge is -2.30. The highest BCUT2D eigenvalue weighted by Gasteiger charge is 2.26. The van der Waals surface area contributed by atoms with Crippen molar-refractivity contribution in [3.8, 4) is 0 Å². The number of rotatable bonds is 2. The number of pyridine rings is 1. The third kappa shape index (κ3) is 1.97. The molecule has 1 unspecified atom stereocenters. The Balaban J connectivity index is 1.72. The molecule has 0 fully saturated rings. The average Bonchev–Trinajstić information content (AvgIpc) is 2.36. The van der Waals surface area contributed by atoms with Gasteiger partial charge in [-0.3, -0.25) is 4.79 Å². The Hall–Kier alpha value is -1.87. The fraction of sp³-hybridized carbons (Fsp3) is 0.143. The molecule has 0 saturated carbocycles. The molecule has 1 aromatic heterocycles. The average molecular weight is 259 g/mol. The number of carbonyl (C=O) groups is 1. The van der Waals surface area contributed by atoms with E-state index in [1.165, 1.54) is 17.3 Å². The molecule has 0 aliphatic heterocycles. The van der Waals surface area contributed by atoms with Crippen LogP contribution < -0.4 is 5.32 Å². The Morgan fingerprint density at radius 1 is 1.28 bits per heavy atom. The Kier molecular flexibility index (Phi) is 2.76. The maximum absolute atomic E-state index is 12.0. The van der Waals surface area contributed by atoms with Crippen molar-refractivity contribution >= 4 is 17.5 Å². The molecule has 1 heterocycles. The molecule has 1 aliphatic rings. The monoisotopic (exact) mass is 258 g/mol. The van der Waals surface area contributed by atoms with Gasteiger partial charge in [-0.1, -0.05) is 35.9 Å². The zero-order valence-corrected chi connectivity index (χ0v) is 10.3. The van der Waals surface area contributed by atoms with E-state index in [-0.39, 0.29) is 11.9 Å². The number of halogens is 1. The molecule has 1 amide bonds. The van der Waals surface area contributed by atoms with Crippen LogP contribution in [0.4, 0.5) is 0 Å². The molecule has 3 nitrogen and oxygen atoms in total. The summed E-state index contributed by atoms with van der Waals surface area (Å²) < 4.78 is 0. The molecule has 4 heteroatoms. The minimum absolute atomic E-state index is 0.112. The van der Waals surface area contributed by atoms with E-state index < -0.39 is 0 Å². The van der Waals surface area contributed by atoms with Crippen molar-refractivity contribution in [1.29, 1.82) is 0 Å². The van der Waals surface area contributed by atoms with Crippen molar-refractivity contribution in [2.45, 2.75) is 12.5 Å². The molecular formula is C14H11ClN2O. The molecule has 0 bridgehead atoms. The Bertz CT molecular complexity index is 595. The third-order valence-corrected chi connectivity index (χ3v) is 3.37. The summed E-state index contributed by atoms with van der Waals surface area (Å²) in [7, 11) is 0. The number of aromatic nitrogens is 1. The predicted molar refractivity (Wildman–Crippen MR) is 69.6 cm³/mol. The Morgan fingerprint density at radius 3 is 2.83 bits per heavy atom. The van der Waals surface area contributed by atoms with Crippen molar-refractivity contribution in [3.63, 3.8) is 0 Å². The lowest BCUT2D eigenvalue weighted by atomic mass is 9.83. The van der Waals surface area contributed by atoms with Crippen molar-refractivity contribution in [1.82, 2.24) is 10.3 Å². The molecule has 0 saturated heterocycles. The third-order valence-electron chi connectivity index (χ3n) is 3.15. The van der Waals surface area contributed by atoms with Gasteiger partial charge in [0.1, 0.15) is 5.15 Å². The van der Waals surface area contributed by atoms with Crippen LogP contribution in [0.15, 0.2) is 42.6 Å². The summed E-state index contributed by atoms with van der Waals surface area (Å²) >= 11 is 5.68. The largest absolute Gasteiger partial charge is 0.345 e. The SMILES string of the molecule is O=C(NC1Cc2ccccc21)c1ccc(Cl)nc1. The summed E-state index contributed by atoms with van der Waals surface area (Å²) in [5, 5.41) is 3.38. The van der Waals surface area contributed by atoms with Gasteiger partial charge in [-0.2, -0.15) is 0 Å². The fourth-order valence-electron chi connectivity index (χ4n) is 2.14. The minimum Gasteiger partial charge on any atom is -0.345 e. The molecular weight excluding hydrogens is 248 g/mol. The van der Waals surface area contributed by atoms with Gasteiger partial charge >= 0.3 is 0 Å². The van der Waals surface area contributed by atoms with Gasteiger partial charge in [0.2, 0.25) is 0 Å². The number of benzene rings is 1. The number of nitrogens with one attached hydrogen (secondary N) is 1. The zero-order valence-electron chi connectivity index (χ0n) is 9.56. The van der Waals surface area contributed by atoms with Gasteiger partial charge in [-0.05, 0) is 29.7 Å². The van der Waals surface area contributed by atoms with Gasteiger partial charge in [-0.15, -0.1) is 0 Å². The van der Waals surface area contributed by atoms with E-state index >= 15 is 0 Å². The van der Waals surface area contributed by atoms with Crippen LogP contribution in [0.5, 0.6) is 0 Å². The van der Waals surface area contributed by atoms with Crippen LogP contribution in [0.3, 0.4) is 0 Å². The first kappa shape index (κ1) is 11.2. The number of carbonyl (C=O) groups excluding carboxylic acids is 1. The summed E-state index contributed by atoms with van der Waals surface area (Å²) in [6.45, 7) is 0. The van der Waals surface area contributed by atoms with E-state index in [1.807, 2.05) is 18.2 Å². The highest BCUT2D eigenvalue weighted by atomic mass is 35.5. The molecule has 0 radical (unpaired) electrons. The zero-order chi connectivity index (χ0) is 12.5. The number of hydrogen-bond donors (Lipinski definition) is 1. The number of fused-ring (bicyclic) bond motifs is 1. The predicted octanol–water partition coefficient (Wildman–Crippen LogP) is 2.76. The van der Waals surface area contributed by atoms with E-state index in [0.29, 0.717) is 10.7 Å². The quantitative estimate of drug-likeness (QED) is 0.842. The van der Waals surface area contributed by atoms with Crippen LogP contribution in [0.25, 0.3) is 0 Å². The lowest BCUT2D eigenvalue weighted by Crippen LogP contribution is -2.35. The van der Waals surface area contributed by atoms with Crippen molar-refractivity contribution in [2.75, 3.05) is 0 Å². The summed E-state index contributed by atoms with van der Waals surface area (Å²) in [5.74, 6) is -0.112. The normalized spacial score (nSPS) is 16.6. The summed E-state index contributed by atoms with van der Waals surface area (Å²) in [4.78, 5) is 15.9. The number of hydrogen-bond acceptors (Lipinski definition) is 2. The second-order valence-corrected chi connectivity index (χ2v) is 4.69. The van der Waals surface area contributed by atoms with E-state index in [9.17, 15) is 4.79 Å². The lowest BCUT2D eigenvalue weighted by molar-refractivity contribution is 0.0931. The van der Waals surface area contributed by atoms with E-state index in [1.54, 1.807) is 12.1 Å². The standard InChI is InChI=1S/C14H11ClN2O/c15-13-6-5-10(8-16-13)14(18)17-12-7-9-3-1-2-4-11(9)12/h1-6,8,12H,7H2,(H,17,18). The van der Waals surface area contributed by atoms with Crippen molar-refractivity contribution in [3.05, 3.63) is 64.4 Å². The Labute approximate surface area is 110 Å². The van der Waals surface area contributed by atoms with Crippen LogP contribution >= 0.6 is 11.6 Å². The molecule has 1 aliphatic carbocycles. The van der Waals surface area contributed by atoms with E-state index in [0.717, 1.165) is 6.42 Å². The van der Waals surface area contributed by atoms with Crippen LogP contribution in [0.2, 0.25) is 5.15 Å². The number of amides is 1. The van der Waals surface area contributed by atoms with Crippen molar-refractivity contribution in [2.24, 2.45) is 0 Å². The van der Waals surface area contributed by atoms with Crippen LogP contribution in [-0.4, -0.2) is 10.9 Å². The molecule has 2 aromatic rings. The smallest absolute Gasteiger partial charge is 0.253 e. The fourth-order valence-corrected chi connectivity index (χ4v) is 2.25. The summed E-state index contributed by atoms with van der Waals surface area (Å²) in [6, 6.07) is 11.5. The van der Waals surface area contributed by atoms with Gasteiger partial charge in [-0.25, -0.2) is 4.98 Å². The van der Waals surface area contributed by atoms with Crippen LogP contribution in [0, 0.1) is 0 Å². The summed E-state index contributed by atoms with van der Waals surface area (Å²) in [5.41, 5.74) is 3.04. The maximum Gasteiger partial charge on any atom is 0.253 e. The maximum atomic E-state index is 12.0. The van der Waals surface area contributed by atoms with Gasteiger partial charge in [0.05, 0.1) is 11.6 Å². The molecule has 18 heavy (non-hydrogen) atoms. The molecule has 0 spiro atoms. The molecule has 1 aromatic carbocycles. The van der Waals surface area contributed by atoms with Gasteiger partial charge < -0.3 is 5.32 Å². The first-order valence-electron chi connectivity index (χ1n) is 5.74. The van der Waals surface area contributed by atoms with Crippen molar-refractivity contribution < 1.29 is 4.79 Å². The Morgan fingerprint density at radius 2 is 2.11 bits per heavy atom. The highest BCUT2D eigenvalue weighted by Crippen LogP contribution is 2.32. The van der Waals surface area contributed by atoms with E-state index in [4.69, 9.17) is 11.6 Å². The molecule has 1 atom stereocenters. The molecule has 1 N–H and O–H groups in total. The first-order valence-corrected chi connectivity index (χ1v) is 6.12. The van der Waals surface area contributed by atoms with Crippen LogP contribution in [-0.2, 0) is 6.42 Å². The minimum atomic E-state index is -0.112. The highest BCUT2D eigenvalue weighted by molar-refractivity contribution is 6.29. The molecule has 3 rings (SSSR count). The number of nitrogens with zero attached hydrogens (tertiary/aromatic N) is 1. The molecule has 90 valence electrons. The second kappa shape index (κ2) is 4.42. The van der Waals surface area contributed by atoms with Gasteiger partial charge in [0.15, 0.2) is 0 Å². The van der Waals surface area contributed by atoms with E-state index in [2.05, 4.69) is 16.4 Å².